The Balaban J connectivity index is 2.46. The molecule has 0 amide bonds. The molecule has 0 fully saturated rings. The average Bonchev–Trinajstić information content (AvgIpc) is 2.74. The van der Waals surface area contributed by atoms with Gasteiger partial charge in [-0.3, -0.25) is 0 Å². The topological polar surface area (TPSA) is 70.4 Å². The van der Waals surface area contributed by atoms with Crippen LogP contribution in [-0.2, 0) is 6.42 Å². The molecule has 1 aromatic heterocycles. The highest BCUT2D eigenvalue weighted by atomic mass is 79.9. The minimum atomic E-state index is -1.06. The van der Waals surface area contributed by atoms with Crippen molar-refractivity contribution in [1.29, 1.82) is 0 Å². The number of aliphatic hydroxyl groups excluding tert-OH is 1. The smallest absolute Gasteiger partial charge is 0.355 e. The molecule has 0 radical (unpaired) electrons. The number of aromatic carboxylic acids is 1. The van der Waals surface area contributed by atoms with Gasteiger partial charge in [-0.05, 0) is 12.1 Å². The van der Waals surface area contributed by atoms with Gasteiger partial charge >= 0.3 is 5.97 Å². The minimum absolute atomic E-state index is 0.0315. The van der Waals surface area contributed by atoms with Crippen LogP contribution in [0.15, 0.2) is 28.7 Å². The van der Waals surface area contributed by atoms with Crippen LogP contribution in [0.25, 0.3) is 10.6 Å². The number of carboxylic acid groups (broad SMARTS) is 1. The predicted octanol–water partition coefficient (Wildman–Crippen LogP) is 2.81. The third kappa shape index (κ3) is 2.77. The molecule has 0 unspecified atom stereocenters. The largest absolute Gasteiger partial charge is 0.476 e. The van der Waals surface area contributed by atoms with Gasteiger partial charge in [-0.15, -0.1) is 11.3 Å². The zero-order chi connectivity index (χ0) is 13.1. The van der Waals surface area contributed by atoms with E-state index in [2.05, 4.69) is 20.9 Å². The number of thiazole rings is 1. The molecule has 0 atom stereocenters. The Labute approximate surface area is 116 Å². The van der Waals surface area contributed by atoms with Gasteiger partial charge in [0.2, 0.25) is 0 Å². The van der Waals surface area contributed by atoms with Gasteiger partial charge in [-0.2, -0.15) is 0 Å². The van der Waals surface area contributed by atoms with Gasteiger partial charge in [0.15, 0.2) is 5.69 Å². The van der Waals surface area contributed by atoms with Gasteiger partial charge in [0.1, 0.15) is 5.01 Å². The molecule has 94 valence electrons. The number of hydrogen-bond acceptors (Lipinski definition) is 4. The van der Waals surface area contributed by atoms with E-state index in [1.165, 1.54) is 11.3 Å². The van der Waals surface area contributed by atoms with Gasteiger partial charge in [0.05, 0.1) is 0 Å². The highest BCUT2D eigenvalue weighted by Gasteiger charge is 2.17. The summed E-state index contributed by atoms with van der Waals surface area (Å²) in [6.45, 7) is -0.0829. The molecular formula is C12H10BrNO3S. The molecule has 0 saturated carbocycles. The van der Waals surface area contributed by atoms with Crippen molar-refractivity contribution in [3.63, 3.8) is 0 Å². The molecule has 0 aliphatic carbocycles. The maximum absolute atomic E-state index is 11.1. The lowest BCUT2D eigenvalue weighted by Gasteiger charge is -1.95. The van der Waals surface area contributed by atoms with Gasteiger partial charge in [0, 0.05) is 27.9 Å². The van der Waals surface area contributed by atoms with Crippen molar-refractivity contribution in [2.24, 2.45) is 0 Å². The molecule has 0 saturated heterocycles. The zero-order valence-corrected chi connectivity index (χ0v) is 11.7. The minimum Gasteiger partial charge on any atom is -0.476 e. The Hall–Kier alpha value is -1.24. The summed E-state index contributed by atoms with van der Waals surface area (Å²) >= 11 is 4.67. The summed E-state index contributed by atoms with van der Waals surface area (Å²) < 4.78 is 0.913. The standard InChI is InChI=1S/C12H10BrNO3S/c13-8-3-1-2-7(6-8)11-14-10(12(16)17)9(18-11)4-5-15/h1-3,6,15H,4-5H2,(H,16,17). The second-order valence-electron chi connectivity index (χ2n) is 3.58. The number of rotatable bonds is 4. The average molecular weight is 328 g/mol. The van der Waals surface area contributed by atoms with Crippen molar-refractivity contribution in [1.82, 2.24) is 4.98 Å². The number of carbonyl (C=O) groups is 1. The van der Waals surface area contributed by atoms with Gasteiger partial charge < -0.3 is 10.2 Å². The molecule has 6 heteroatoms. The van der Waals surface area contributed by atoms with E-state index < -0.39 is 5.97 Å². The fraction of sp³-hybridized carbons (Fsp3) is 0.167. The van der Waals surface area contributed by atoms with Crippen molar-refractivity contribution < 1.29 is 15.0 Å². The number of nitrogens with zero attached hydrogens (tertiary/aromatic N) is 1. The SMILES string of the molecule is O=C(O)c1nc(-c2cccc(Br)c2)sc1CCO. The first-order valence-electron chi connectivity index (χ1n) is 5.21. The van der Waals surface area contributed by atoms with Crippen LogP contribution in [0, 0.1) is 0 Å². The van der Waals surface area contributed by atoms with E-state index in [0.29, 0.717) is 16.3 Å². The van der Waals surface area contributed by atoms with E-state index in [1.807, 2.05) is 24.3 Å². The summed E-state index contributed by atoms with van der Waals surface area (Å²) in [5.74, 6) is -1.06. The second-order valence-corrected chi connectivity index (χ2v) is 5.58. The fourth-order valence-corrected chi connectivity index (χ4v) is 2.97. The third-order valence-electron chi connectivity index (χ3n) is 2.31. The normalized spacial score (nSPS) is 10.6. The molecule has 4 nitrogen and oxygen atoms in total. The van der Waals surface area contributed by atoms with E-state index in [1.54, 1.807) is 0 Å². The highest BCUT2D eigenvalue weighted by molar-refractivity contribution is 9.10. The van der Waals surface area contributed by atoms with Crippen molar-refractivity contribution in [3.8, 4) is 10.6 Å². The Kier molecular flexibility index (Phi) is 4.11. The molecule has 0 spiro atoms. The van der Waals surface area contributed by atoms with Gasteiger partial charge in [-0.1, -0.05) is 28.1 Å². The van der Waals surface area contributed by atoms with Crippen molar-refractivity contribution >= 4 is 33.2 Å². The Morgan fingerprint density at radius 2 is 2.22 bits per heavy atom. The lowest BCUT2D eigenvalue weighted by atomic mass is 10.2. The number of aromatic nitrogens is 1. The van der Waals surface area contributed by atoms with Crippen molar-refractivity contribution in [3.05, 3.63) is 39.3 Å². The summed E-state index contributed by atoms with van der Waals surface area (Å²) in [4.78, 5) is 15.8. The summed E-state index contributed by atoms with van der Waals surface area (Å²) in [6, 6.07) is 7.52. The lowest BCUT2D eigenvalue weighted by Crippen LogP contribution is -2.02. The van der Waals surface area contributed by atoms with Crippen LogP contribution in [0.3, 0.4) is 0 Å². The number of aliphatic hydroxyl groups is 1. The Bertz CT molecular complexity index is 582. The molecular weight excluding hydrogens is 318 g/mol. The van der Waals surface area contributed by atoms with Crippen LogP contribution >= 0.6 is 27.3 Å². The second kappa shape index (κ2) is 5.60. The quantitative estimate of drug-likeness (QED) is 0.905. The maximum Gasteiger partial charge on any atom is 0.355 e. The first-order chi connectivity index (χ1) is 8.61. The number of halogens is 1. The Morgan fingerprint density at radius 1 is 1.44 bits per heavy atom. The number of benzene rings is 1. The lowest BCUT2D eigenvalue weighted by molar-refractivity contribution is 0.0690. The van der Waals surface area contributed by atoms with Gasteiger partial charge in [0.25, 0.3) is 0 Å². The summed E-state index contributed by atoms with van der Waals surface area (Å²) in [5.41, 5.74) is 0.894. The van der Waals surface area contributed by atoms with E-state index in [9.17, 15) is 4.79 Å². The number of hydrogen-bond donors (Lipinski definition) is 2. The summed E-state index contributed by atoms with van der Waals surface area (Å²) in [5, 5.41) is 18.6. The monoisotopic (exact) mass is 327 g/mol. The van der Waals surface area contributed by atoms with E-state index in [0.717, 1.165) is 10.0 Å². The van der Waals surface area contributed by atoms with E-state index in [-0.39, 0.29) is 12.3 Å². The van der Waals surface area contributed by atoms with Crippen LogP contribution in [0.4, 0.5) is 0 Å². The van der Waals surface area contributed by atoms with E-state index in [4.69, 9.17) is 10.2 Å². The van der Waals surface area contributed by atoms with Crippen LogP contribution in [-0.4, -0.2) is 27.8 Å². The molecule has 2 rings (SSSR count). The molecule has 2 N–H and O–H groups in total. The maximum atomic E-state index is 11.1. The van der Waals surface area contributed by atoms with Crippen molar-refractivity contribution in [2.75, 3.05) is 6.61 Å². The van der Waals surface area contributed by atoms with Crippen LogP contribution in [0.2, 0.25) is 0 Å². The fourth-order valence-electron chi connectivity index (χ4n) is 1.53. The summed E-state index contributed by atoms with van der Waals surface area (Å²) in [7, 11) is 0. The molecule has 1 heterocycles. The molecule has 18 heavy (non-hydrogen) atoms. The predicted molar refractivity (Wildman–Crippen MR) is 73.0 cm³/mol. The van der Waals surface area contributed by atoms with Crippen LogP contribution in [0.5, 0.6) is 0 Å². The number of carboxylic acids is 1. The first kappa shape index (κ1) is 13.2. The van der Waals surface area contributed by atoms with Gasteiger partial charge in [-0.25, -0.2) is 9.78 Å². The third-order valence-corrected chi connectivity index (χ3v) is 3.97. The molecule has 1 aromatic carbocycles. The molecule has 0 aliphatic heterocycles. The summed E-state index contributed by atoms with van der Waals surface area (Å²) in [6.07, 6.45) is 0.313. The first-order valence-corrected chi connectivity index (χ1v) is 6.82. The van der Waals surface area contributed by atoms with Crippen LogP contribution < -0.4 is 0 Å². The molecule has 2 aromatic rings. The Morgan fingerprint density at radius 3 is 2.83 bits per heavy atom. The van der Waals surface area contributed by atoms with Crippen LogP contribution in [0.1, 0.15) is 15.4 Å². The van der Waals surface area contributed by atoms with Crippen molar-refractivity contribution in [2.45, 2.75) is 6.42 Å². The zero-order valence-electron chi connectivity index (χ0n) is 9.26. The molecule has 0 aliphatic rings. The highest BCUT2D eigenvalue weighted by Crippen LogP contribution is 2.30. The van der Waals surface area contributed by atoms with E-state index >= 15 is 0 Å². The molecule has 0 bridgehead atoms.